The predicted molar refractivity (Wildman–Crippen MR) is 84.3 cm³/mol. The number of pyridine rings is 1. The Morgan fingerprint density at radius 1 is 1.48 bits per heavy atom. The average molecular weight is 336 g/mol. The molecule has 0 fully saturated rings. The normalized spacial score (nSPS) is 11.9. The molecule has 1 N–H and O–H groups in total. The van der Waals surface area contributed by atoms with E-state index in [1.165, 1.54) is 23.6 Å². The van der Waals surface area contributed by atoms with Crippen molar-refractivity contribution in [2.75, 3.05) is 39.2 Å². The van der Waals surface area contributed by atoms with Gasteiger partial charge in [-0.15, -0.1) is 0 Å². The molecule has 0 aliphatic rings. The molecule has 0 saturated carbocycles. The van der Waals surface area contributed by atoms with Gasteiger partial charge >= 0.3 is 0 Å². The molecule has 0 radical (unpaired) electrons. The third-order valence-electron chi connectivity index (χ3n) is 2.89. The summed E-state index contributed by atoms with van der Waals surface area (Å²) in [6, 6.07) is 1.43. The van der Waals surface area contributed by atoms with Crippen molar-refractivity contribution in [3.8, 4) is 0 Å². The van der Waals surface area contributed by atoms with Crippen molar-refractivity contribution in [3.63, 3.8) is 0 Å². The Morgan fingerprint density at radius 3 is 2.76 bits per heavy atom. The van der Waals surface area contributed by atoms with E-state index in [9.17, 15) is 8.42 Å². The fourth-order valence-corrected chi connectivity index (χ4v) is 3.15. The van der Waals surface area contributed by atoms with Gasteiger partial charge in [0.1, 0.15) is 10.7 Å². The molecule has 0 aromatic carbocycles. The third-order valence-corrected chi connectivity index (χ3v) is 5.00. The maximum absolute atomic E-state index is 12.4. The second kappa shape index (κ2) is 8.53. The van der Waals surface area contributed by atoms with Crippen LogP contribution in [-0.2, 0) is 14.8 Å². The van der Waals surface area contributed by atoms with Crippen LogP contribution in [0, 0.1) is 0 Å². The zero-order valence-corrected chi connectivity index (χ0v) is 14.2. The molecule has 0 aliphatic carbocycles. The number of hydrogen-bond acceptors (Lipinski definition) is 5. The molecule has 21 heavy (non-hydrogen) atoms. The number of ether oxygens (including phenoxy) is 1. The number of hydrogen-bond donors (Lipinski definition) is 1. The van der Waals surface area contributed by atoms with Crippen LogP contribution < -0.4 is 5.32 Å². The summed E-state index contributed by atoms with van der Waals surface area (Å²) in [7, 11) is -0.463. The molecule has 0 atom stereocenters. The first kappa shape index (κ1) is 18.2. The van der Waals surface area contributed by atoms with Crippen LogP contribution in [0.2, 0.25) is 5.02 Å². The highest BCUT2D eigenvalue weighted by atomic mass is 35.5. The number of halogens is 1. The summed E-state index contributed by atoms with van der Waals surface area (Å²) in [4.78, 5) is 4.18. The highest BCUT2D eigenvalue weighted by Crippen LogP contribution is 2.24. The molecule has 1 rings (SSSR count). The van der Waals surface area contributed by atoms with E-state index >= 15 is 0 Å². The van der Waals surface area contributed by atoms with Crippen molar-refractivity contribution in [3.05, 3.63) is 17.3 Å². The lowest BCUT2D eigenvalue weighted by Gasteiger charge is -2.17. The van der Waals surface area contributed by atoms with E-state index in [2.05, 4.69) is 10.3 Å². The fraction of sp³-hybridized carbons (Fsp3) is 0.615. The van der Waals surface area contributed by atoms with Gasteiger partial charge in [0.2, 0.25) is 10.0 Å². The Labute approximate surface area is 131 Å². The van der Waals surface area contributed by atoms with Gasteiger partial charge in [0.05, 0.1) is 5.02 Å². The molecule has 1 heterocycles. The monoisotopic (exact) mass is 335 g/mol. The minimum absolute atomic E-state index is 0.0921. The predicted octanol–water partition coefficient (Wildman–Crippen LogP) is 2.21. The van der Waals surface area contributed by atoms with E-state index < -0.39 is 10.0 Å². The van der Waals surface area contributed by atoms with Crippen LogP contribution in [0.5, 0.6) is 0 Å². The van der Waals surface area contributed by atoms with Crippen LogP contribution in [0.15, 0.2) is 17.2 Å². The highest BCUT2D eigenvalue weighted by molar-refractivity contribution is 7.89. The standard InChI is InChI=1S/C13H22ClN3O3S/c1-4-6-15-13-12(14)9-11(10-16-13)21(18,19)17(2)7-5-8-20-3/h9-10H,4-8H2,1-3H3,(H,15,16). The quantitative estimate of drug-likeness (QED) is 0.700. The highest BCUT2D eigenvalue weighted by Gasteiger charge is 2.22. The van der Waals surface area contributed by atoms with Crippen molar-refractivity contribution in [2.45, 2.75) is 24.7 Å². The Balaban J connectivity index is 2.85. The number of aromatic nitrogens is 1. The number of rotatable bonds is 9. The number of methoxy groups -OCH3 is 1. The Morgan fingerprint density at radius 2 is 2.19 bits per heavy atom. The Kier molecular flexibility index (Phi) is 7.37. The molecule has 120 valence electrons. The third kappa shape index (κ3) is 5.10. The van der Waals surface area contributed by atoms with Gasteiger partial charge < -0.3 is 10.1 Å². The molecule has 0 bridgehead atoms. The van der Waals surface area contributed by atoms with Gasteiger partial charge in [0.25, 0.3) is 0 Å². The summed E-state index contributed by atoms with van der Waals surface area (Å²) in [5, 5.41) is 3.35. The summed E-state index contributed by atoms with van der Waals surface area (Å²) in [5.41, 5.74) is 0. The Hall–Kier alpha value is -0.890. The smallest absolute Gasteiger partial charge is 0.244 e. The number of sulfonamides is 1. The van der Waals surface area contributed by atoms with Crippen LogP contribution in [-0.4, -0.2) is 51.6 Å². The molecule has 0 saturated heterocycles. The molecular formula is C13H22ClN3O3S. The molecule has 0 aliphatic heterocycles. The second-order valence-electron chi connectivity index (χ2n) is 4.60. The molecule has 0 unspecified atom stereocenters. The van der Waals surface area contributed by atoms with Crippen molar-refractivity contribution in [2.24, 2.45) is 0 Å². The van der Waals surface area contributed by atoms with E-state index in [1.54, 1.807) is 7.11 Å². The lowest BCUT2D eigenvalue weighted by atomic mass is 10.4. The first-order valence-corrected chi connectivity index (χ1v) is 8.60. The van der Waals surface area contributed by atoms with Crippen LogP contribution in [0.25, 0.3) is 0 Å². The van der Waals surface area contributed by atoms with Gasteiger partial charge in [-0.2, -0.15) is 0 Å². The molecule has 1 aromatic heterocycles. The lowest BCUT2D eigenvalue weighted by molar-refractivity contribution is 0.189. The number of anilines is 1. The van der Waals surface area contributed by atoms with Gasteiger partial charge in [-0.05, 0) is 18.9 Å². The molecule has 6 nitrogen and oxygen atoms in total. The van der Waals surface area contributed by atoms with Gasteiger partial charge in [0, 0.05) is 40.1 Å². The topological polar surface area (TPSA) is 71.5 Å². The van der Waals surface area contributed by atoms with E-state index in [-0.39, 0.29) is 4.90 Å². The fourth-order valence-electron chi connectivity index (χ4n) is 1.67. The maximum atomic E-state index is 12.4. The summed E-state index contributed by atoms with van der Waals surface area (Å²) in [5.74, 6) is 0.500. The summed E-state index contributed by atoms with van der Waals surface area (Å²) in [6.07, 6.45) is 2.88. The molecule has 1 aromatic rings. The maximum Gasteiger partial charge on any atom is 0.244 e. The summed E-state index contributed by atoms with van der Waals surface area (Å²) >= 11 is 6.07. The first-order chi connectivity index (χ1) is 9.93. The average Bonchev–Trinajstić information content (AvgIpc) is 2.46. The van der Waals surface area contributed by atoms with Crippen LogP contribution in [0.4, 0.5) is 5.82 Å². The van der Waals surface area contributed by atoms with Crippen LogP contribution in [0.3, 0.4) is 0 Å². The minimum atomic E-state index is -3.58. The summed E-state index contributed by atoms with van der Waals surface area (Å²) in [6.45, 7) is 3.65. The van der Waals surface area contributed by atoms with E-state index in [0.29, 0.717) is 30.4 Å². The molecule has 8 heteroatoms. The van der Waals surface area contributed by atoms with Crippen molar-refractivity contribution >= 4 is 27.4 Å². The zero-order valence-electron chi connectivity index (χ0n) is 12.6. The molecular weight excluding hydrogens is 314 g/mol. The van der Waals surface area contributed by atoms with Gasteiger partial charge in [0.15, 0.2) is 0 Å². The van der Waals surface area contributed by atoms with Crippen molar-refractivity contribution in [1.82, 2.24) is 9.29 Å². The van der Waals surface area contributed by atoms with E-state index in [0.717, 1.165) is 13.0 Å². The number of nitrogens with zero attached hydrogens (tertiary/aromatic N) is 2. The molecule has 0 spiro atoms. The second-order valence-corrected chi connectivity index (χ2v) is 7.05. The Bertz CT molecular complexity index is 552. The van der Waals surface area contributed by atoms with Crippen molar-refractivity contribution in [1.29, 1.82) is 0 Å². The minimum Gasteiger partial charge on any atom is -0.385 e. The van der Waals surface area contributed by atoms with Gasteiger partial charge in [-0.3, -0.25) is 0 Å². The van der Waals surface area contributed by atoms with Gasteiger partial charge in [-0.25, -0.2) is 17.7 Å². The summed E-state index contributed by atoms with van der Waals surface area (Å²) < 4.78 is 30.9. The van der Waals surface area contributed by atoms with Gasteiger partial charge in [-0.1, -0.05) is 18.5 Å². The SMILES string of the molecule is CCCNc1ncc(S(=O)(=O)N(C)CCCOC)cc1Cl. The van der Waals surface area contributed by atoms with Crippen LogP contribution >= 0.6 is 11.6 Å². The van der Waals surface area contributed by atoms with Crippen LogP contribution in [0.1, 0.15) is 19.8 Å². The first-order valence-electron chi connectivity index (χ1n) is 6.78. The molecule has 0 amide bonds. The zero-order chi connectivity index (χ0) is 15.9. The van der Waals surface area contributed by atoms with Crippen molar-refractivity contribution < 1.29 is 13.2 Å². The number of nitrogens with one attached hydrogen (secondary N) is 1. The largest absolute Gasteiger partial charge is 0.385 e. The van der Waals surface area contributed by atoms with E-state index in [1.807, 2.05) is 6.92 Å². The van der Waals surface area contributed by atoms with E-state index in [4.69, 9.17) is 16.3 Å². The lowest BCUT2D eigenvalue weighted by Crippen LogP contribution is -2.28.